The Balaban J connectivity index is 0.000000980. The van der Waals surface area contributed by atoms with Gasteiger partial charge in [0.1, 0.15) is 0 Å². The van der Waals surface area contributed by atoms with Gasteiger partial charge in [-0.1, -0.05) is 6.92 Å². The van der Waals surface area contributed by atoms with E-state index >= 15 is 0 Å². The van der Waals surface area contributed by atoms with E-state index in [1.807, 2.05) is 0 Å². The number of carboxylic acids is 1. The minimum atomic E-state index is -1.12. The molecule has 2 rings (SSSR count). The van der Waals surface area contributed by atoms with Crippen molar-refractivity contribution in [3.05, 3.63) is 17.5 Å². The number of nitrogens with zero attached hydrogens (tertiary/aromatic N) is 2. The van der Waals surface area contributed by atoms with Gasteiger partial charge in [-0.15, -0.1) is 0 Å². The van der Waals surface area contributed by atoms with E-state index in [4.69, 9.17) is 0 Å². The number of carbonyl (C=O) groups is 1. The molecular weight excluding hydrogens is 207 g/mol. The summed E-state index contributed by atoms with van der Waals surface area (Å²) < 4.78 is 1.64. The first-order valence-electron chi connectivity index (χ1n) is 4.34. The van der Waals surface area contributed by atoms with Crippen molar-refractivity contribution in [2.75, 3.05) is 0 Å². The van der Waals surface area contributed by atoms with Gasteiger partial charge >= 0.3 is 51.4 Å². The summed E-state index contributed by atoms with van der Waals surface area (Å²) in [6.07, 6.45) is 2.43. The molecule has 0 aromatic carbocycles. The van der Waals surface area contributed by atoms with Gasteiger partial charge in [0.2, 0.25) is 0 Å². The summed E-state index contributed by atoms with van der Waals surface area (Å²) in [5.41, 5.74) is 1.06. The van der Waals surface area contributed by atoms with Crippen LogP contribution in [-0.4, -0.2) is 15.7 Å². The molecule has 1 aromatic heterocycles. The number of hydrogen-bond donors (Lipinski definition) is 0. The predicted octanol–water partition coefficient (Wildman–Crippen LogP) is -3.09. The number of carbonyl (C=O) groups excluding carboxylic acids is 1. The van der Waals surface area contributed by atoms with Crippen LogP contribution in [0.2, 0.25) is 0 Å². The molecule has 0 saturated heterocycles. The van der Waals surface area contributed by atoms with Crippen LogP contribution in [0.25, 0.3) is 0 Å². The van der Waals surface area contributed by atoms with Gasteiger partial charge in [0.25, 0.3) is 0 Å². The van der Waals surface area contributed by atoms with Gasteiger partial charge in [-0.25, -0.2) is 0 Å². The standard InChI is InChI=1S/C9H12N2O2.K/c1-5-3-6(5)8-7(9(12)13)4-10-11(8)2;/h4-6H,3H2,1-2H3,(H,12,13);/q;+1/p-1. The third-order valence-electron chi connectivity index (χ3n) is 2.67. The Morgan fingerprint density at radius 3 is 2.71 bits per heavy atom. The molecule has 1 saturated carbocycles. The summed E-state index contributed by atoms with van der Waals surface area (Å²) >= 11 is 0. The molecule has 1 aliphatic carbocycles. The average molecular weight is 218 g/mol. The summed E-state index contributed by atoms with van der Waals surface area (Å²) in [6, 6.07) is 0. The van der Waals surface area contributed by atoms with Crippen molar-refractivity contribution in [2.24, 2.45) is 13.0 Å². The van der Waals surface area contributed by atoms with E-state index in [-0.39, 0.29) is 56.9 Å². The van der Waals surface area contributed by atoms with Gasteiger partial charge in [0.05, 0.1) is 17.9 Å². The van der Waals surface area contributed by atoms with Crippen LogP contribution >= 0.6 is 0 Å². The van der Waals surface area contributed by atoms with Crippen molar-refractivity contribution in [3.63, 3.8) is 0 Å². The second kappa shape index (κ2) is 4.45. The van der Waals surface area contributed by atoms with Crippen LogP contribution in [0.4, 0.5) is 0 Å². The van der Waals surface area contributed by atoms with Crippen LogP contribution in [0.5, 0.6) is 0 Å². The number of aromatic carboxylic acids is 1. The van der Waals surface area contributed by atoms with E-state index in [0.29, 0.717) is 11.8 Å². The predicted molar refractivity (Wildman–Crippen MR) is 44.1 cm³/mol. The maximum absolute atomic E-state index is 10.7. The van der Waals surface area contributed by atoms with Crippen LogP contribution in [-0.2, 0) is 7.05 Å². The SMILES string of the molecule is CC1CC1c1c(C(=O)[O-])cnn1C.[K+]. The van der Waals surface area contributed by atoms with E-state index in [0.717, 1.165) is 12.1 Å². The Hall–Kier alpha value is 0.316. The third-order valence-corrected chi connectivity index (χ3v) is 2.67. The zero-order valence-electron chi connectivity index (χ0n) is 8.65. The van der Waals surface area contributed by atoms with Crippen molar-refractivity contribution >= 4 is 5.97 Å². The molecule has 2 atom stereocenters. The summed E-state index contributed by atoms with van der Waals surface area (Å²) in [7, 11) is 1.77. The van der Waals surface area contributed by atoms with Gasteiger partial charge in [0.15, 0.2) is 0 Å². The molecule has 2 unspecified atom stereocenters. The van der Waals surface area contributed by atoms with Crippen molar-refractivity contribution in [2.45, 2.75) is 19.3 Å². The first-order valence-corrected chi connectivity index (χ1v) is 4.34. The first kappa shape index (κ1) is 12.4. The Labute approximate surface area is 125 Å². The molecule has 1 aromatic rings. The quantitative estimate of drug-likeness (QED) is 0.494. The molecule has 0 aliphatic heterocycles. The van der Waals surface area contributed by atoms with E-state index < -0.39 is 5.97 Å². The van der Waals surface area contributed by atoms with Crippen LogP contribution < -0.4 is 56.5 Å². The third kappa shape index (κ3) is 2.11. The smallest absolute Gasteiger partial charge is 0.545 e. The number of aryl methyl sites for hydroxylation is 1. The van der Waals surface area contributed by atoms with E-state index in [9.17, 15) is 9.90 Å². The van der Waals surface area contributed by atoms with Gasteiger partial charge in [-0.05, 0) is 12.3 Å². The molecular formula is C9H11KN2O2. The van der Waals surface area contributed by atoms with Crippen molar-refractivity contribution < 1.29 is 61.3 Å². The molecule has 0 spiro atoms. The fourth-order valence-corrected chi connectivity index (χ4v) is 1.75. The van der Waals surface area contributed by atoms with Crippen LogP contribution in [0, 0.1) is 5.92 Å². The van der Waals surface area contributed by atoms with Gasteiger partial charge in [-0.2, -0.15) is 5.10 Å². The maximum Gasteiger partial charge on any atom is 1.00 e. The number of carboxylic acid groups (broad SMARTS) is 1. The summed E-state index contributed by atoms with van der Waals surface area (Å²) in [5, 5.41) is 14.6. The van der Waals surface area contributed by atoms with Crippen molar-refractivity contribution in [3.8, 4) is 0 Å². The molecule has 0 N–H and O–H groups in total. The number of rotatable bonds is 2. The van der Waals surface area contributed by atoms with E-state index in [2.05, 4.69) is 12.0 Å². The molecule has 70 valence electrons. The fourth-order valence-electron chi connectivity index (χ4n) is 1.75. The molecule has 0 amide bonds. The maximum atomic E-state index is 10.7. The molecule has 4 nitrogen and oxygen atoms in total. The molecule has 0 bridgehead atoms. The molecule has 1 aliphatic rings. The Bertz CT molecular complexity index is 362. The van der Waals surface area contributed by atoms with Crippen molar-refractivity contribution in [1.29, 1.82) is 0 Å². The molecule has 0 radical (unpaired) electrons. The Morgan fingerprint density at radius 2 is 2.29 bits per heavy atom. The largest absolute Gasteiger partial charge is 1.00 e. The second-order valence-corrected chi connectivity index (χ2v) is 3.67. The molecule has 5 heteroatoms. The van der Waals surface area contributed by atoms with Gasteiger partial charge in [-0.3, -0.25) is 4.68 Å². The first-order chi connectivity index (χ1) is 6.11. The Morgan fingerprint density at radius 1 is 1.71 bits per heavy atom. The number of hydrogen-bond acceptors (Lipinski definition) is 3. The monoisotopic (exact) mass is 218 g/mol. The summed E-state index contributed by atoms with van der Waals surface area (Å²) in [5.74, 6) is -0.184. The van der Waals surface area contributed by atoms with Crippen LogP contribution in [0.1, 0.15) is 35.3 Å². The van der Waals surface area contributed by atoms with Gasteiger partial charge in [0, 0.05) is 18.5 Å². The summed E-state index contributed by atoms with van der Waals surface area (Å²) in [4.78, 5) is 10.7. The minimum absolute atomic E-state index is 0. The van der Waals surface area contributed by atoms with Gasteiger partial charge < -0.3 is 9.90 Å². The molecule has 1 fully saturated rings. The average Bonchev–Trinajstić information content (AvgIpc) is 2.60. The fraction of sp³-hybridized carbons (Fsp3) is 0.556. The molecule has 14 heavy (non-hydrogen) atoms. The zero-order chi connectivity index (χ0) is 9.59. The van der Waals surface area contributed by atoms with Crippen molar-refractivity contribution in [1.82, 2.24) is 9.78 Å². The Kier molecular flexibility index (Phi) is 3.93. The second-order valence-electron chi connectivity index (χ2n) is 3.67. The van der Waals surface area contributed by atoms with E-state index in [1.165, 1.54) is 6.20 Å². The minimum Gasteiger partial charge on any atom is -0.545 e. The van der Waals surface area contributed by atoms with Crippen LogP contribution in [0.3, 0.4) is 0 Å². The summed E-state index contributed by atoms with van der Waals surface area (Å²) in [6.45, 7) is 2.11. The number of aromatic nitrogens is 2. The molecule has 1 heterocycles. The van der Waals surface area contributed by atoms with Crippen LogP contribution in [0.15, 0.2) is 6.20 Å². The van der Waals surface area contributed by atoms with E-state index in [1.54, 1.807) is 11.7 Å². The zero-order valence-corrected chi connectivity index (χ0v) is 11.8. The normalized spacial score (nSPS) is 24.1. The topological polar surface area (TPSA) is 57.9 Å².